The summed E-state index contributed by atoms with van der Waals surface area (Å²) in [6.45, 7) is 6.95. The van der Waals surface area contributed by atoms with Crippen LogP contribution in [0.15, 0.2) is 0 Å². The largest absolute Gasteiger partial charge is 0.0654 e. The molecule has 0 atom stereocenters. The molecular formula is C20H41. The van der Waals surface area contributed by atoms with E-state index in [9.17, 15) is 0 Å². The minimum atomic E-state index is 1.32. The molecule has 0 spiro atoms. The maximum absolute atomic E-state index is 2.35. The van der Waals surface area contributed by atoms with Gasteiger partial charge in [0.15, 0.2) is 0 Å². The zero-order valence-corrected chi connectivity index (χ0v) is 14.8. The Labute approximate surface area is 130 Å². The van der Waals surface area contributed by atoms with Crippen molar-refractivity contribution in [1.29, 1.82) is 0 Å². The van der Waals surface area contributed by atoms with Gasteiger partial charge in [-0.15, -0.1) is 0 Å². The van der Waals surface area contributed by atoms with Gasteiger partial charge in [-0.1, -0.05) is 104 Å². The first kappa shape index (κ1) is 20.0. The van der Waals surface area contributed by atoms with Crippen molar-refractivity contribution >= 4 is 0 Å². The smallest absolute Gasteiger partial charge is 0.0244 e. The fourth-order valence-corrected chi connectivity index (χ4v) is 2.97. The molecule has 0 aliphatic rings. The van der Waals surface area contributed by atoms with Gasteiger partial charge in [0.2, 0.25) is 0 Å². The number of unbranched alkanes of at least 4 members (excludes halogenated alkanes) is 11. The molecule has 0 aromatic heterocycles. The van der Waals surface area contributed by atoms with Gasteiger partial charge in [0.05, 0.1) is 0 Å². The molecule has 0 aliphatic heterocycles. The minimum absolute atomic E-state index is 1.32. The van der Waals surface area contributed by atoms with Crippen molar-refractivity contribution < 1.29 is 0 Å². The predicted octanol–water partition coefficient (Wildman–Crippen LogP) is 7.86. The van der Waals surface area contributed by atoms with Crippen LogP contribution in [0.25, 0.3) is 0 Å². The van der Waals surface area contributed by atoms with Crippen LogP contribution in [-0.2, 0) is 0 Å². The van der Waals surface area contributed by atoms with Gasteiger partial charge in [0.25, 0.3) is 0 Å². The molecule has 0 aromatic carbocycles. The SMILES string of the molecule is CCCCCCCCC[C](CC)CCCCCCCC. The van der Waals surface area contributed by atoms with E-state index in [1.165, 1.54) is 103 Å². The molecule has 0 bridgehead atoms. The van der Waals surface area contributed by atoms with Gasteiger partial charge in [-0.05, 0) is 25.2 Å². The van der Waals surface area contributed by atoms with Crippen LogP contribution < -0.4 is 0 Å². The Morgan fingerprint density at radius 1 is 0.450 bits per heavy atom. The number of rotatable bonds is 16. The Hall–Kier alpha value is 0. The highest BCUT2D eigenvalue weighted by Gasteiger charge is 2.06. The summed E-state index contributed by atoms with van der Waals surface area (Å²) in [6, 6.07) is 0. The quantitative estimate of drug-likeness (QED) is 0.252. The molecule has 0 amide bonds. The van der Waals surface area contributed by atoms with Crippen molar-refractivity contribution in [3.8, 4) is 0 Å². The summed E-state index contributed by atoms with van der Waals surface area (Å²) in [7, 11) is 0. The van der Waals surface area contributed by atoms with E-state index in [-0.39, 0.29) is 0 Å². The first-order valence-electron chi connectivity index (χ1n) is 9.68. The summed E-state index contributed by atoms with van der Waals surface area (Å²) >= 11 is 0. The van der Waals surface area contributed by atoms with Crippen molar-refractivity contribution in [3.05, 3.63) is 5.92 Å². The molecule has 121 valence electrons. The molecule has 0 fully saturated rings. The molecule has 1 radical (unpaired) electrons. The number of hydrogen-bond acceptors (Lipinski definition) is 0. The molecule has 0 unspecified atom stereocenters. The van der Waals surface area contributed by atoms with Gasteiger partial charge in [-0.3, -0.25) is 0 Å². The summed E-state index contributed by atoms with van der Waals surface area (Å²) in [5.41, 5.74) is 0. The molecule has 20 heavy (non-hydrogen) atoms. The molecule has 0 heteroatoms. The summed E-state index contributed by atoms with van der Waals surface area (Å²) in [5, 5.41) is 0. The van der Waals surface area contributed by atoms with Crippen LogP contribution >= 0.6 is 0 Å². The van der Waals surface area contributed by atoms with Gasteiger partial charge < -0.3 is 0 Å². The lowest BCUT2D eigenvalue weighted by Crippen LogP contribution is -1.96. The lowest BCUT2D eigenvalue weighted by Gasteiger charge is -2.14. The molecule has 0 aromatic rings. The van der Waals surface area contributed by atoms with E-state index in [1.807, 2.05) is 5.92 Å². The van der Waals surface area contributed by atoms with Crippen LogP contribution in [0.3, 0.4) is 0 Å². The third-order valence-electron chi connectivity index (χ3n) is 4.52. The number of hydrogen-bond donors (Lipinski definition) is 0. The highest BCUT2D eigenvalue weighted by Crippen LogP contribution is 2.23. The zero-order chi connectivity index (χ0) is 14.9. The van der Waals surface area contributed by atoms with Crippen molar-refractivity contribution in [2.45, 2.75) is 124 Å². The highest BCUT2D eigenvalue weighted by molar-refractivity contribution is 4.87. The molecule has 0 saturated carbocycles. The van der Waals surface area contributed by atoms with Gasteiger partial charge in [0, 0.05) is 0 Å². The Morgan fingerprint density at radius 2 is 0.800 bits per heavy atom. The van der Waals surface area contributed by atoms with Crippen LogP contribution in [0.1, 0.15) is 124 Å². The van der Waals surface area contributed by atoms with E-state index in [1.54, 1.807) is 0 Å². The standard InChI is InChI=1S/C20H41/c1-4-7-9-11-13-15-17-19-20(6-3)18-16-14-12-10-8-5-2/h4-19H2,1-3H3. The highest BCUT2D eigenvalue weighted by atomic mass is 14.1. The normalized spacial score (nSPS) is 11.4. The Bertz CT molecular complexity index is 161. The summed E-state index contributed by atoms with van der Waals surface area (Å²) in [6.07, 6.45) is 22.9. The second kappa shape index (κ2) is 17.1. The average molecular weight is 282 g/mol. The lowest BCUT2D eigenvalue weighted by molar-refractivity contribution is 0.537. The van der Waals surface area contributed by atoms with E-state index >= 15 is 0 Å². The molecule has 0 nitrogen and oxygen atoms in total. The molecule has 0 N–H and O–H groups in total. The maximum Gasteiger partial charge on any atom is -0.0244 e. The van der Waals surface area contributed by atoms with E-state index < -0.39 is 0 Å². The second-order valence-electron chi connectivity index (χ2n) is 6.49. The van der Waals surface area contributed by atoms with Crippen molar-refractivity contribution in [2.24, 2.45) is 0 Å². The first-order valence-corrected chi connectivity index (χ1v) is 9.68. The van der Waals surface area contributed by atoms with E-state index in [0.29, 0.717) is 0 Å². The predicted molar refractivity (Wildman–Crippen MR) is 94.1 cm³/mol. The van der Waals surface area contributed by atoms with Crippen LogP contribution in [0.2, 0.25) is 0 Å². The first-order chi connectivity index (χ1) is 9.85. The maximum atomic E-state index is 2.35. The monoisotopic (exact) mass is 281 g/mol. The van der Waals surface area contributed by atoms with E-state index in [2.05, 4.69) is 20.8 Å². The van der Waals surface area contributed by atoms with E-state index in [4.69, 9.17) is 0 Å². The topological polar surface area (TPSA) is 0 Å². The average Bonchev–Trinajstić information content (AvgIpc) is 2.47. The second-order valence-corrected chi connectivity index (χ2v) is 6.49. The molecule has 0 rings (SSSR count). The minimum Gasteiger partial charge on any atom is -0.0654 e. The molecule has 0 saturated heterocycles. The van der Waals surface area contributed by atoms with E-state index in [0.717, 1.165) is 0 Å². The third kappa shape index (κ3) is 14.4. The van der Waals surface area contributed by atoms with Crippen molar-refractivity contribution in [2.75, 3.05) is 0 Å². The third-order valence-corrected chi connectivity index (χ3v) is 4.52. The fourth-order valence-electron chi connectivity index (χ4n) is 2.97. The van der Waals surface area contributed by atoms with Crippen LogP contribution in [-0.4, -0.2) is 0 Å². The summed E-state index contributed by atoms with van der Waals surface area (Å²) in [5.74, 6) is 1.84. The van der Waals surface area contributed by atoms with Gasteiger partial charge in [-0.25, -0.2) is 0 Å². The van der Waals surface area contributed by atoms with Crippen LogP contribution in [0.4, 0.5) is 0 Å². The lowest BCUT2D eigenvalue weighted by atomic mass is 9.92. The summed E-state index contributed by atoms with van der Waals surface area (Å²) < 4.78 is 0. The summed E-state index contributed by atoms with van der Waals surface area (Å²) in [4.78, 5) is 0. The van der Waals surface area contributed by atoms with Crippen LogP contribution in [0.5, 0.6) is 0 Å². The Kier molecular flexibility index (Phi) is 17.1. The van der Waals surface area contributed by atoms with Crippen LogP contribution in [0, 0.1) is 5.92 Å². The van der Waals surface area contributed by atoms with Gasteiger partial charge in [0.1, 0.15) is 0 Å². The van der Waals surface area contributed by atoms with Gasteiger partial charge in [-0.2, -0.15) is 0 Å². The molecule has 0 heterocycles. The van der Waals surface area contributed by atoms with Crippen molar-refractivity contribution in [1.82, 2.24) is 0 Å². The Balaban J connectivity index is 3.29. The van der Waals surface area contributed by atoms with Gasteiger partial charge >= 0.3 is 0 Å². The molecular weight excluding hydrogens is 240 g/mol. The molecule has 0 aliphatic carbocycles. The Morgan fingerprint density at radius 3 is 1.15 bits per heavy atom. The zero-order valence-electron chi connectivity index (χ0n) is 14.8. The fraction of sp³-hybridized carbons (Fsp3) is 0.950. The van der Waals surface area contributed by atoms with Crippen molar-refractivity contribution in [3.63, 3.8) is 0 Å².